The van der Waals surface area contributed by atoms with Crippen molar-refractivity contribution in [1.29, 1.82) is 0 Å². The van der Waals surface area contributed by atoms with Crippen molar-refractivity contribution in [3.63, 3.8) is 0 Å². The summed E-state index contributed by atoms with van der Waals surface area (Å²) >= 11 is 0. The van der Waals surface area contributed by atoms with Crippen molar-refractivity contribution < 1.29 is 29.3 Å². The van der Waals surface area contributed by atoms with Gasteiger partial charge in [0.25, 0.3) is 5.91 Å². The summed E-state index contributed by atoms with van der Waals surface area (Å²) in [6.07, 6.45) is 1.37. The zero-order chi connectivity index (χ0) is 23.0. The highest BCUT2D eigenvalue weighted by Gasteiger charge is 2.39. The Hall–Kier alpha value is -4.17. The number of carbonyl (C=O) groups is 2. The molecule has 0 saturated carbocycles. The van der Waals surface area contributed by atoms with E-state index in [0.29, 0.717) is 22.4 Å². The van der Waals surface area contributed by atoms with E-state index in [2.05, 4.69) is 10.5 Å². The summed E-state index contributed by atoms with van der Waals surface area (Å²) in [6.45, 7) is -0.503. The van der Waals surface area contributed by atoms with Gasteiger partial charge in [-0.25, -0.2) is 10.2 Å². The number of amides is 1. The Morgan fingerprint density at radius 1 is 0.969 bits per heavy atom. The van der Waals surface area contributed by atoms with E-state index in [1.165, 1.54) is 19.4 Å². The molecule has 3 aromatic carbocycles. The van der Waals surface area contributed by atoms with Gasteiger partial charge in [-0.05, 0) is 34.9 Å². The Morgan fingerprint density at radius 3 is 2.09 bits per heavy atom. The lowest BCUT2D eigenvalue weighted by Gasteiger charge is -2.27. The molecule has 0 unspecified atom stereocenters. The first-order valence-electron chi connectivity index (χ1n) is 9.64. The van der Waals surface area contributed by atoms with Crippen LogP contribution in [0.5, 0.6) is 11.5 Å². The minimum atomic E-state index is -1.94. The fourth-order valence-electron chi connectivity index (χ4n) is 3.06. The third kappa shape index (κ3) is 5.11. The second-order valence-corrected chi connectivity index (χ2v) is 6.73. The maximum atomic E-state index is 13.0. The molecular formula is C24H22N2O6. The number of rotatable bonds is 9. The van der Waals surface area contributed by atoms with E-state index < -0.39 is 24.1 Å². The van der Waals surface area contributed by atoms with Crippen LogP contribution in [0.1, 0.15) is 16.7 Å². The molecule has 3 aromatic rings. The summed E-state index contributed by atoms with van der Waals surface area (Å²) in [6, 6.07) is 21.9. The lowest BCUT2D eigenvalue weighted by atomic mass is 9.85. The van der Waals surface area contributed by atoms with Gasteiger partial charge in [0.15, 0.2) is 23.7 Å². The maximum absolute atomic E-state index is 13.0. The number of ether oxygens (including phenoxy) is 2. The van der Waals surface area contributed by atoms with Crippen LogP contribution < -0.4 is 14.9 Å². The van der Waals surface area contributed by atoms with E-state index >= 15 is 0 Å². The van der Waals surface area contributed by atoms with Crippen molar-refractivity contribution in [3.8, 4) is 11.5 Å². The van der Waals surface area contributed by atoms with Gasteiger partial charge in [-0.1, -0.05) is 60.7 Å². The van der Waals surface area contributed by atoms with Crippen molar-refractivity contribution in [2.45, 2.75) is 5.60 Å². The molecule has 8 nitrogen and oxygen atoms in total. The standard InChI is InChI=1S/C24H22N2O6/c1-31-21-14-17(12-13-20(21)32-16-22(27)28)15-25-26-23(29)24(30,18-8-4-2-5-9-18)19-10-6-3-7-11-19/h2-15,30H,16H2,1H3,(H,26,29)(H,27,28). The highest BCUT2D eigenvalue weighted by Crippen LogP contribution is 2.30. The number of benzene rings is 3. The normalized spacial score (nSPS) is 11.2. The molecule has 0 aliphatic rings. The lowest BCUT2D eigenvalue weighted by Crippen LogP contribution is -2.43. The summed E-state index contributed by atoms with van der Waals surface area (Å²) in [5.74, 6) is -1.26. The molecule has 0 aliphatic carbocycles. The number of nitrogens with one attached hydrogen (secondary N) is 1. The van der Waals surface area contributed by atoms with E-state index in [-0.39, 0.29) is 5.75 Å². The molecule has 0 aromatic heterocycles. The monoisotopic (exact) mass is 434 g/mol. The van der Waals surface area contributed by atoms with Crippen LogP contribution in [0, 0.1) is 0 Å². The topological polar surface area (TPSA) is 117 Å². The van der Waals surface area contributed by atoms with Crippen molar-refractivity contribution in [2.24, 2.45) is 5.10 Å². The SMILES string of the molecule is COc1cc(C=NNC(=O)C(O)(c2ccccc2)c2ccccc2)ccc1OCC(=O)O. The van der Waals surface area contributed by atoms with Crippen LogP contribution in [0.4, 0.5) is 0 Å². The Bertz CT molecular complexity index is 1060. The zero-order valence-electron chi connectivity index (χ0n) is 17.3. The van der Waals surface area contributed by atoms with Crippen LogP contribution >= 0.6 is 0 Å². The van der Waals surface area contributed by atoms with Gasteiger partial charge in [-0.15, -0.1) is 0 Å². The minimum Gasteiger partial charge on any atom is -0.493 e. The average molecular weight is 434 g/mol. The predicted octanol–water partition coefficient (Wildman–Crippen LogP) is 2.54. The van der Waals surface area contributed by atoms with Gasteiger partial charge in [0.2, 0.25) is 0 Å². The molecule has 0 radical (unpaired) electrons. The summed E-state index contributed by atoms with van der Waals surface area (Å²) in [4.78, 5) is 23.7. The fraction of sp³-hybridized carbons (Fsp3) is 0.125. The maximum Gasteiger partial charge on any atom is 0.341 e. The number of nitrogens with zero attached hydrogens (tertiary/aromatic N) is 1. The van der Waals surface area contributed by atoms with Crippen LogP contribution in [-0.4, -0.2) is 42.0 Å². The molecule has 3 rings (SSSR count). The number of aliphatic carboxylic acids is 1. The van der Waals surface area contributed by atoms with Gasteiger partial charge < -0.3 is 19.7 Å². The van der Waals surface area contributed by atoms with Crippen LogP contribution in [0.2, 0.25) is 0 Å². The number of carbonyl (C=O) groups excluding carboxylic acids is 1. The van der Waals surface area contributed by atoms with Crippen LogP contribution in [0.25, 0.3) is 0 Å². The number of aliphatic hydroxyl groups is 1. The van der Waals surface area contributed by atoms with E-state index in [1.54, 1.807) is 72.8 Å². The minimum absolute atomic E-state index is 0.263. The van der Waals surface area contributed by atoms with E-state index in [1.807, 2.05) is 0 Å². The molecular weight excluding hydrogens is 412 g/mol. The summed E-state index contributed by atoms with van der Waals surface area (Å²) in [5, 5.41) is 24.1. The van der Waals surface area contributed by atoms with Crippen LogP contribution in [0.15, 0.2) is 84.0 Å². The van der Waals surface area contributed by atoms with Gasteiger partial charge in [-0.2, -0.15) is 5.10 Å². The van der Waals surface area contributed by atoms with E-state index in [9.17, 15) is 14.7 Å². The number of hydrogen-bond donors (Lipinski definition) is 3. The molecule has 0 bridgehead atoms. The second-order valence-electron chi connectivity index (χ2n) is 6.73. The molecule has 0 heterocycles. The summed E-state index contributed by atoms with van der Waals surface area (Å²) in [5.41, 5.74) is 1.82. The zero-order valence-corrected chi connectivity index (χ0v) is 17.3. The quantitative estimate of drug-likeness (QED) is 0.352. The molecule has 32 heavy (non-hydrogen) atoms. The van der Waals surface area contributed by atoms with Gasteiger partial charge in [0.05, 0.1) is 13.3 Å². The van der Waals surface area contributed by atoms with Crippen molar-refractivity contribution >= 4 is 18.1 Å². The predicted molar refractivity (Wildman–Crippen MR) is 118 cm³/mol. The third-order valence-corrected chi connectivity index (χ3v) is 4.63. The highest BCUT2D eigenvalue weighted by atomic mass is 16.5. The number of carboxylic acid groups (broad SMARTS) is 1. The number of hydrazone groups is 1. The molecule has 1 amide bonds. The Kier molecular flexibility index (Phi) is 7.20. The molecule has 3 N–H and O–H groups in total. The molecule has 0 saturated heterocycles. The van der Waals surface area contributed by atoms with Crippen molar-refractivity contribution in [1.82, 2.24) is 5.43 Å². The van der Waals surface area contributed by atoms with Crippen LogP contribution in [0.3, 0.4) is 0 Å². The molecule has 164 valence electrons. The Balaban J connectivity index is 1.80. The lowest BCUT2D eigenvalue weighted by molar-refractivity contribution is -0.139. The average Bonchev–Trinajstić information content (AvgIpc) is 2.83. The first-order chi connectivity index (χ1) is 15.4. The van der Waals surface area contributed by atoms with E-state index in [4.69, 9.17) is 14.6 Å². The summed E-state index contributed by atoms with van der Waals surface area (Å²) in [7, 11) is 1.42. The largest absolute Gasteiger partial charge is 0.493 e. The highest BCUT2D eigenvalue weighted by molar-refractivity contribution is 5.91. The first kappa shape index (κ1) is 22.5. The molecule has 0 atom stereocenters. The molecule has 0 spiro atoms. The Morgan fingerprint density at radius 2 is 1.56 bits per heavy atom. The smallest absolute Gasteiger partial charge is 0.341 e. The van der Waals surface area contributed by atoms with Gasteiger partial charge >= 0.3 is 5.97 Å². The summed E-state index contributed by atoms with van der Waals surface area (Å²) < 4.78 is 10.4. The number of carboxylic acids is 1. The van der Waals surface area contributed by atoms with Gasteiger partial charge in [0.1, 0.15) is 0 Å². The van der Waals surface area contributed by atoms with Crippen LogP contribution in [-0.2, 0) is 15.2 Å². The van der Waals surface area contributed by atoms with E-state index in [0.717, 1.165) is 0 Å². The second kappa shape index (κ2) is 10.2. The van der Waals surface area contributed by atoms with Crippen molar-refractivity contribution in [3.05, 3.63) is 95.6 Å². The fourth-order valence-corrected chi connectivity index (χ4v) is 3.06. The van der Waals surface area contributed by atoms with Gasteiger partial charge in [0, 0.05) is 0 Å². The van der Waals surface area contributed by atoms with Gasteiger partial charge in [-0.3, -0.25) is 4.79 Å². The van der Waals surface area contributed by atoms with Crippen molar-refractivity contribution in [2.75, 3.05) is 13.7 Å². The molecule has 8 heteroatoms. The molecule has 0 fully saturated rings. The number of hydrogen-bond acceptors (Lipinski definition) is 6. The number of methoxy groups -OCH3 is 1. The first-order valence-corrected chi connectivity index (χ1v) is 9.64. The third-order valence-electron chi connectivity index (χ3n) is 4.63. The Labute approximate surface area is 184 Å². The molecule has 0 aliphatic heterocycles.